The number of para-hydroxylation sites is 2. The first kappa shape index (κ1) is 23.0. The van der Waals surface area contributed by atoms with Gasteiger partial charge in [0.2, 0.25) is 0 Å². The summed E-state index contributed by atoms with van der Waals surface area (Å²) in [4.78, 5) is 8.29. The van der Waals surface area contributed by atoms with Gasteiger partial charge in [0, 0.05) is 32.1 Å². The number of fused-ring (bicyclic) bond motifs is 2. The van der Waals surface area contributed by atoms with E-state index in [1.807, 2.05) is 36.4 Å². The highest BCUT2D eigenvalue weighted by atomic mass is 79.9. The van der Waals surface area contributed by atoms with Crippen molar-refractivity contribution in [2.45, 2.75) is 0 Å². The number of nitrogen functional groups attached to an aromatic ring is 1. The Balaban J connectivity index is 0.000000170. The van der Waals surface area contributed by atoms with Crippen LogP contribution < -0.4 is 5.73 Å². The van der Waals surface area contributed by atoms with Crippen molar-refractivity contribution >= 4 is 69.8 Å². The minimum Gasteiger partial charge on any atom is -0.506 e. The molecule has 0 aliphatic heterocycles. The number of hydrogen-bond acceptors (Lipinski definition) is 6. The number of aromatic hydroxyl groups is 1. The van der Waals surface area contributed by atoms with Gasteiger partial charge in [0.25, 0.3) is 0 Å². The van der Waals surface area contributed by atoms with E-state index >= 15 is 0 Å². The number of phenols is 1. The lowest BCUT2D eigenvalue weighted by atomic mass is 10.2. The van der Waals surface area contributed by atoms with Gasteiger partial charge in [0.1, 0.15) is 11.3 Å². The van der Waals surface area contributed by atoms with Gasteiger partial charge in [-0.1, -0.05) is 24.3 Å². The SMILES string of the molecule is Nc1cccc2cc(Br)cnc12.O=S(=O)(O)O.Oc1cccc2cc(Br)cnc12. The first-order valence-corrected chi connectivity index (χ1v) is 10.8. The molecule has 0 saturated heterocycles. The molecule has 0 amide bonds. The van der Waals surface area contributed by atoms with Crippen molar-refractivity contribution in [3.8, 4) is 5.75 Å². The van der Waals surface area contributed by atoms with Crippen LogP contribution in [0, 0.1) is 0 Å². The zero-order chi connectivity index (χ0) is 21.6. The zero-order valence-corrected chi connectivity index (χ0v) is 18.6. The third-order valence-electron chi connectivity index (χ3n) is 3.37. The zero-order valence-electron chi connectivity index (χ0n) is 14.6. The third-order valence-corrected chi connectivity index (χ3v) is 4.23. The van der Waals surface area contributed by atoms with Gasteiger partial charge in [-0.05, 0) is 56.1 Å². The number of phenolic OH excluding ortho intramolecular Hbond substituents is 1. The predicted molar refractivity (Wildman–Crippen MR) is 119 cm³/mol. The normalized spacial score (nSPS) is 10.6. The van der Waals surface area contributed by atoms with Crippen LogP contribution in [0.5, 0.6) is 5.75 Å². The lowest BCUT2D eigenvalue weighted by Crippen LogP contribution is -1.89. The summed E-state index contributed by atoms with van der Waals surface area (Å²) in [5.74, 6) is 0.222. The third kappa shape index (κ3) is 7.55. The van der Waals surface area contributed by atoms with Crippen molar-refractivity contribution in [2.75, 3.05) is 5.73 Å². The van der Waals surface area contributed by atoms with Gasteiger partial charge in [-0.3, -0.25) is 19.1 Å². The van der Waals surface area contributed by atoms with Crippen molar-refractivity contribution in [3.05, 3.63) is 69.9 Å². The standard InChI is InChI=1S/C9H7BrN2.C9H6BrNO.H2O4S/c10-7-4-6-2-1-3-8(11)9(6)12-5-7;10-7-4-6-2-1-3-8(12)9(6)11-5-7;1-5(2,3)4/h1-5H,11H2;1-5,12H;(H2,1,2,3,4). The molecule has 11 heteroatoms. The number of halogens is 2. The maximum absolute atomic E-state index is 9.38. The molecule has 8 nitrogen and oxygen atoms in total. The first-order valence-electron chi connectivity index (χ1n) is 7.77. The summed E-state index contributed by atoms with van der Waals surface area (Å²) in [7, 11) is -4.67. The molecule has 4 rings (SSSR count). The Labute approximate surface area is 183 Å². The van der Waals surface area contributed by atoms with Crippen molar-refractivity contribution < 1.29 is 22.6 Å². The number of rotatable bonds is 0. The second-order valence-electron chi connectivity index (χ2n) is 5.52. The van der Waals surface area contributed by atoms with E-state index < -0.39 is 10.4 Å². The highest BCUT2D eigenvalue weighted by Crippen LogP contribution is 2.24. The molecular weight excluding hydrogens is 530 g/mol. The summed E-state index contributed by atoms with van der Waals surface area (Å²) in [6.45, 7) is 0. The van der Waals surface area contributed by atoms with Crippen molar-refractivity contribution in [1.82, 2.24) is 9.97 Å². The average Bonchev–Trinajstić information content (AvgIpc) is 2.61. The number of aromatic nitrogens is 2. The predicted octanol–water partition coefficient (Wildman–Crippen LogP) is 4.63. The number of anilines is 1. The van der Waals surface area contributed by atoms with Crippen molar-refractivity contribution in [3.63, 3.8) is 0 Å². The molecule has 0 aliphatic rings. The van der Waals surface area contributed by atoms with Gasteiger partial charge >= 0.3 is 10.4 Å². The molecule has 0 radical (unpaired) electrons. The maximum Gasteiger partial charge on any atom is 0.394 e. The molecule has 2 aromatic heterocycles. The number of pyridine rings is 2. The minimum atomic E-state index is -4.67. The molecule has 0 spiro atoms. The van der Waals surface area contributed by atoms with Gasteiger partial charge in [0.05, 0.1) is 11.2 Å². The smallest absolute Gasteiger partial charge is 0.394 e. The average molecular weight is 545 g/mol. The fourth-order valence-corrected chi connectivity index (χ4v) is 2.97. The molecule has 29 heavy (non-hydrogen) atoms. The molecule has 0 saturated carbocycles. The Morgan fingerprint density at radius 1 is 0.828 bits per heavy atom. The number of benzene rings is 2. The number of nitrogens with two attached hydrogens (primary N) is 1. The number of nitrogens with zero attached hydrogens (tertiary/aromatic N) is 2. The summed E-state index contributed by atoms with van der Waals surface area (Å²) >= 11 is 6.67. The van der Waals surface area contributed by atoms with Crippen molar-refractivity contribution in [2.24, 2.45) is 0 Å². The minimum absolute atomic E-state index is 0.222. The van der Waals surface area contributed by atoms with E-state index in [2.05, 4.69) is 41.8 Å². The monoisotopic (exact) mass is 543 g/mol. The van der Waals surface area contributed by atoms with E-state index in [1.165, 1.54) is 0 Å². The quantitative estimate of drug-likeness (QED) is 0.185. The van der Waals surface area contributed by atoms with Crippen LogP contribution in [0.3, 0.4) is 0 Å². The van der Waals surface area contributed by atoms with Gasteiger partial charge in [-0.25, -0.2) is 0 Å². The summed E-state index contributed by atoms with van der Waals surface area (Å²) in [6, 6.07) is 15.0. The summed E-state index contributed by atoms with van der Waals surface area (Å²) in [5, 5.41) is 11.4. The van der Waals surface area contributed by atoms with Crippen LogP contribution in [-0.4, -0.2) is 32.6 Å². The second kappa shape index (κ2) is 9.94. The largest absolute Gasteiger partial charge is 0.506 e. The Morgan fingerprint density at radius 3 is 1.83 bits per heavy atom. The van der Waals surface area contributed by atoms with Crippen LogP contribution in [0.4, 0.5) is 5.69 Å². The highest BCUT2D eigenvalue weighted by Gasteiger charge is 1.99. The van der Waals surface area contributed by atoms with Crippen LogP contribution in [0.2, 0.25) is 0 Å². The fourth-order valence-electron chi connectivity index (χ4n) is 2.28. The van der Waals surface area contributed by atoms with Gasteiger partial charge in [0.15, 0.2) is 0 Å². The Kier molecular flexibility index (Phi) is 7.88. The van der Waals surface area contributed by atoms with Crippen LogP contribution in [0.1, 0.15) is 0 Å². The summed E-state index contributed by atoms with van der Waals surface area (Å²) in [6.07, 6.45) is 3.42. The van der Waals surface area contributed by atoms with E-state index in [0.717, 1.165) is 30.9 Å². The van der Waals surface area contributed by atoms with E-state index in [1.54, 1.807) is 24.5 Å². The molecule has 4 aromatic rings. The van der Waals surface area contributed by atoms with Crippen LogP contribution in [0.15, 0.2) is 69.9 Å². The van der Waals surface area contributed by atoms with E-state index in [4.69, 9.17) is 23.3 Å². The lowest BCUT2D eigenvalue weighted by molar-refractivity contribution is 0.381. The molecule has 0 atom stereocenters. The van der Waals surface area contributed by atoms with E-state index in [9.17, 15) is 5.11 Å². The fraction of sp³-hybridized carbons (Fsp3) is 0. The van der Waals surface area contributed by atoms with Gasteiger partial charge < -0.3 is 10.8 Å². The molecule has 0 bridgehead atoms. The lowest BCUT2D eigenvalue weighted by Gasteiger charge is -1.99. The Morgan fingerprint density at radius 2 is 1.28 bits per heavy atom. The van der Waals surface area contributed by atoms with Crippen molar-refractivity contribution in [1.29, 1.82) is 0 Å². The molecule has 2 heterocycles. The molecule has 5 N–H and O–H groups in total. The van der Waals surface area contributed by atoms with Gasteiger partial charge in [-0.15, -0.1) is 0 Å². The highest BCUT2D eigenvalue weighted by molar-refractivity contribution is 9.10. The Bertz CT molecular complexity index is 1160. The summed E-state index contributed by atoms with van der Waals surface area (Å²) in [5.41, 5.74) is 7.95. The first-order chi connectivity index (χ1) is 13.5. The van der Waals surface area contributed by atoms with Crippen LogP contribution in [-0.2, 0) is 10.4 Å². The molecule has 0 unspecified atom stereocenters. The molecule has 0 fully saturated rings. The number of hydrogen-bond donors (Lipinski definition) is 4. The summed E-state index contributed by atoms with van der Waals surface area (Å²) < 4.78 is 33.5. The molecule has 2 aromatic carbocycles. The molecule has 0 aliphatic carbocycles. The second-order valence-corrected chi connectivity index (χ2v) is 8.25. The molecule has 152 valence electrons. The van der Waals surface area contributed by atoms with Crippen LogP contribution in [0.25, 0.3) is 21.8 Å². The topological polar surface area (TPSA) is 147 Å². The van der Waals surface area contributed by atoms with Gasteiger partial charge in [-0.2, -0.15) is 8.42 Å². The van der Waals surface area contributed by atoms with E-state index in [-0.39, 0.29) is 5.75 Å². The Hall–Kier alpha value is -2.31. The van der Waals surface area contributed by atoms with E-state index in [0.29, 0.717) is 5.52 Å². The van der Waals surface area contributed by atoms with Crippen LogP contribution >= 0.6 is 31.9 Å². The maximum atomic E-state index is 9.38. The molecular formula is C18H15Br2N3O5S.